The molecule has 32 heavy (non-hydrogen) atoms. The van der Waals surface area contributed by atoms with Gasteiger partial charge in [-0.3, -0.25) is 14.9 Å². The van der Waals surface area contributed by atoms with Gasteiger partial charge in [0.2, 0.25) is 5.91 Å². The Bertz CT molecular complexity index is 1250. The Balaban J connectivity index is 1.49. The van der Waals surface area contributed by atoms with Gasteiger partial charge in [0.15, 0.2) is 10.9 Å². The summed E-state index contributed by atoms with van der Waals surface area (Å²) >= 11 is 1.31. The van der Waals surface area contributed by atoms with Crippen LogP contribution in [0.5, 0.6) is 0 Å². The van der Waals surface area contributed by atoms with Crippen LogP contribution in [0.4, 0.5) is 5.13 Å². The highest BCUT2D eigenvalue weighted by Gasteiger charge is 2.19. The van der Waals surface area contributed by atoms with E-state index in [-0.39, 0.29) is 11.8 Å². The molecule has 0 saturated carbocycles. The van der Waals surface area contributed by atoms with Crippen molar-refractivity contribution in [2.24, 2.45) is 0 Å². The third-order valence-electron chi connectivity index (χ3n) is 4.88. The lowest BCUT2D eigenvalue weighted by Crippen LogP contribution is -2.18. The second-order valence-electron chi connectivity index (χ2n) is 7.27. The number of hydrogen-bond donors (Lipinski definition) is 2. The van der Waals surface area contributed by atoms with Gasteiger partial charge >= 0.3 is 0 Å². The number of aryl methyl sites for hydroxylation is 1. The van der Waals surface area contributed by atoms with Gasteiger partial charge < -0.3 is 9.73 Å². The number of thiazole rings is 1. The molecule has 2 N–H and O–H groups in total. The number of amides is 2. The lowest BCUT2D eigenvalue weighted by Gasteiger charge is -2.08. The molecule has 2 amide bonds. The minimum atomic E-state index is -0.257. The summed E-state index contributed by atoms with van der Waals surface area (Å²) in [5.41, 5.74) is 4.04. The maximum atomic E-state index is 12.9. The van der Waals surface area contributed by atoms with Gasteiger partial charge in [-0.25, -0.2) is 9.67 Å². The summed E-state index contributed by atoms with van der Waals surface area (Å²) in [5, 5.41) is 12.3. The van der Waals surface area contributed by atoms with Crippen molar-refractivity contribution < 1.29 is 14.0 Å². The second kappa shape index (κ2) is 9.19. The van der Waals surface area contributed by atoms with Crippen LogP contribution in [0.2, 0.25) is 0 Å². The molecule has 0 saturated heterocycles. The highest BCUT2D eigenvalue weighted by atomic mass is 32.1. The zero-order valence-corrected chi connectivity index (χ0v) is 18.8. The molecule has 0 bridgehead atoms. The van der Waals surface area contributed by atoms with Gasteiger partial charge in [0.25, 0.3) is 5.91 Å². The lowest BCUT2D eigenvalue weighted by atomic mass is 10.2. The van der Waals surface area contributed by atoms with Crippen LogP contribution in [-0.2, 0) is 17.8 Å². The van der Waals surface area contributed by atoms with Crippen LogP contribution >= 0.6 is 11.3 Å². The number of aromatic nitrogens is 3. The molecule has 0 aliphatic rings. The maximum absolute atomic E-state index is 12.9. The van der Waals surface area contributed by atoms with Gasteiger partial charge in [0, 0.05) is 12.3 Å². The summed E-state index contributed by atoms with van der Waals surface area (Å²) < 4.78 is 7.52. The first-order valence-electron chi connectivity index (χ1n) is 10.2. The lowest BCUT2D eigenvalue weighted by molar-refractivity contribution is -0.119. The van der Waals surface area contributed by atoms with Crippen molar-refractivity contribution in [3.05, 3.63) is 70.6 Å². The molecule has 0 fully saturated rings. The first-order chi connectivity index (χ1) is 15.4. The van der Waals surface area contributed by atoms with E-state index in [9.17, 15) is 9.59 Å². The van der Waals surface area contributed by atoms with Crippen molar-refractivity contribution in [2.45, 2.75) is 33.7 Å². The number of carbonyl (C=O) groups excluding carboxylic acids is 2. The number of nitrogens with one attached hydrogen (secondary N) is 2. The number of rotatable bonds is 7. The Morgan fingerprint density at radius 2 is 1.94 bits per heavy atom. The van der Waals surface area contributed by atoms with Gasteiger partial charge in [0.05, 0.1) is 29.7 Å². The minimum Gasteiger partial charge on any atom is -0.458 e. The first kappa shape index (κ1) is 21.5. The summed E-state index contributed by atoms with van der Waals surface area (Å²) in [5.74, 6) is 0.819. The van der Waals surface area contributed by atoms with Crippen LogP contribution < -0.4 is 10.6 Å². The number of hydrogen-bond acceptors (Lipinski definition) is 6. The minimum absolute atomic E-state index is 0.126. The van der Waals surface area contributed by atoms with Crippen LogP contribution in [0.25, 0.3) is 17.1 Å². The molecule has 0 aliphatic heterocycles. The normalized spacial score (nSPS) is 10.8. The average Bonchev–Trinajstić information content (AvgIpc) is 3.51. The van der Waals surface area contributed by atoms with Crippen LogP contribution in [0.15, 0.2) is 52.4 Å². The smallest absolute Gasteiger partial charge is 0.260 e. The maximum Gasteiger partial charge on any atom is 0.260 e. The fourth-order valence-electron chi connectivity index (χ4n) is 3.24. The van der Waals surface area contributed by atoms with E-state index >= 15 is 0 Å². The molecule has 0 unspecified atom stereocenters. The summed E-state index contributed by atoms with van der Waals surface area (Å²) in [6, 6.07) is 11.6. The zero-order chi connectivity index (χ0) is 22.7. The molecule has 0 aliphatic carbocycles. The highest BCUT2D eigenvalue weighted by Crippen LogP contribution is 2.27. The van der Waals surface area contributed by atoms with Gasteiger partial charge in [-0.1, -0.05) is 24.6 Å². The number of furan rings is 1. The van der Waals surface area contributed by atoms with Crippen LogP contribution in [0, 0.1) is 6.92 Å². The number of benzene rings is 1. The van der Waals surface area contributed by atoms with Crippen molar-refractivity contribution in [1.82, 2.24) is 20.1 Å². The molecular formula is C23H23N5O3S. The summed E-state index contributed by atoms with van der Waals surface area (Å²) in [7, 11) is 0. The Morgan fingerprint density at radius 1 is 1.16 bits per heavy atom. The summed E-state index contributed by atoms with van der Waals surface area (Å²) in [6.07, 6.45) is 2.24. The van der Waals surface area contributed by atoms with E-state index in [1.165, 1.54) is 18.3 Å². The molecular weight excluding hydrogens is 426 g/mol. The van der Waals surface area contributed by atoms with Crippen molar-refractivity contribution in [2.75, 3.05) is 5.32 Å². The predicted molar refractivity (Wildman–Crippen MR) is 123 cm³/mol. The summed E-state index contributed by atoms with van der Waals surface area (Å²) in [6.45, 7) is 5.79. The molecule has 9 heteroatoms. The third-order valence-corrected chi connectivity index (χ3v) is 5.63. The Labute approximate surface area is 189 Å². The first-order valence-corrected chi connectivity index (χ1v) is 11.1. The van der Waals surface area contributed by atoms with E-state index in [0.717, 1.165) is 16.9 Å². The number of carbonyl (C=O) groups is 2. The van der Waals surface area contributed by atoms with Crippen LogP contribution in [0.3, 0.4) is 0 Å². The third kappa shape index (κ3) is 4.62. The fraction of sp³-hybridized carbons (Fsp3) is 0.217. The van der Waals surface area contributed by atoms with Gasteiger partial charge in [-0.15, -0.1) is 11.3 Å². The topological polar surface area (TPSA) is 102 Å². The zero-order valence-electron chi connectivity index (χ0n) is 18.0. The standard InChI is InChI=1S/C23H23N5O3S/c1-4-20-18(12-25-28(20)16-7-5-14(2)6-8-16)22(30)27-23-26-19(13-32-23)21-10-9-17(31-21)11-24-15(3)29/h5-10,12-13H,4,11H2,1-3H3,(H,24,29)(H,26,27,30). The molecule has 1 aromatic carbocycles. The van der Waals surface area contributed by atoms with Crippen molar-refractivity contribution >= 4 is 28.3 Å². The molecule has 0 atom stereocenters. The Morgan fingerprint density at radius 3 is 2.66 bits per heavy atom. The van der Waals surface area contributed by atoms with Crippen LogP contribution in [-0.4, -0.2) is 26.6 Å². The average molecular weight is 450 g/mol. The van der Waals surface area contributed by atoms with E-state index in [1.54, 1.807) is 23.0 Å². The molecule has 3 heterocycles. The van der Waals surface area contributed by atoms with E-state index in [2.05, 4.69) is 20.7 Å². The van der Waals surface area contributed by atoms with Crippen molar-refractivity contribution in [1.29, 1.82) is 0 Å². The van der Waals surface area contributed by atoms with E-state index < -0.39 is 0 Å². The van der Waals surface area contributed by atoms with Gasteiger partial charge in [0.1, 0.15) is 11.5 Å². The molecule has 164 valence electrons. The van der Waals surface area contributed by atoms with E-state index in [0.29, 0.717) is 40.9 Å². The quantitative estimate of drug-likeness (QED) is 0.437. The molecule has 0 spiro atoms. The monoisotopic (exact) mass is 449 g/mol. The van der Waals surface area contributed by atoms with Crippen molar-refractivity contribution in [3.63, 3.8) is 0 Å². The molecule has 0 radical (unpaired) electrons. The second-order valence-corrected chi connectivity index (χ2v) is 8.13. The van der Waals surface area contributed by atoms with Crippen LogP contribution in [0.1, 0.15) is 41.2 Å². The summed E-state index contributed by atoms with van der Waals surface area (Å²) in [4.78, 5) is 28.4. The molecule has 4 rings (SSSR count). The number of anilines is 1. The molecule has 8 nitrogen and oxygen atoms in total. The molecule has 3 aromatic heterocycles. The SMILES string of the molecule is CCc1c(C(=O)Nc2nc(-c3ccc(CNC(C)=O)o3)cs2)cnn1-c1ccc(C)cc1. The van der Waals surface area contributed by atoms with Crippen molar-refractivity contribution in [3.8, 4) is 17.1 Å². The molecule has 4 aromatic rings. The van der Waals surface area contributed by atoms with Gasteiger partial charge in [-0.2, -0.15) is 5.10 Å². The Kier molecular flexibility index (Phi) is 6.18. The van der Waals surface area contributed by atoms with E-state index in [1.807, 2.05) is 43.5 Å². The number of nitrogens with zero attached hydrogens (tertiary/aromatic N) is 3. The highest BCUT2D eigenvalue weighted by molar-refractivity contribution is 7.14. The predicted octanol–water partition coefficient (Wildman–Crippen LogP) is 4.35. The van der Waals surface area contributed by atoms with Gasteiger partial charge in [-0.05, 0) is 37.6 Å². The van der Waals surface area contributed by atoms with E-state index in [4.69, 9.17) is 4.42 Å². The Hall–Kier alpha value is -3.72. The fourth-order valence-corrected chi connectivity index (χ4v) is 3.94. The largest absolute Gasteiger partial charge is 0.458 e.